The van der Waals surface area contributed by atoms with Gasteiger partial charge in [-0.05, 0) is 36.6 Å². The van der Waals surface area contributed by atoms with Crippen LogP contribution in [0.15, 0.2) is 23.1 Å². The monoisotopic (exact) mass is 312 g/mol. The Balaban J connectivity index is 2.37. The number of aliphatic hydroxyl groups is 1. The van der Waals surface area contributed by atoms with Crippen LogP contribution in [0.4, 0.5) is 0 Å². The molecule has 0 aromatic heterocycles. The molecule has 0 fully saturated rings. The molecule has 1 aromatic carbocycles. The summed E-state index contributed by atoms with van der Waals surface area (Å²) in [5.41, 5.74) is 1.98. The Labute approximate surface area is 127 Å². The van der Waals surface area contributed by atoms with Crippen LogP contribution in [0.25, 0.3) is 0 Å². The van der Waals surface area contributed by atoms with Gasteiger partial charge in [0.15, 0.2) is 0 Å². The van der Waals surface area contributed by atoms with Gasteiger partial charge in [-0.15, -0.1) is 0 Å². The normalized spacial score (nSPS) is 15.2. The molecular weight excluding hydrogens is 288 g/mol. The minimum absolute atomic E-state index is 0.153. The molecule has 0 saturated heterocycles. The van der Waals surface area contributed by atoms with E-state index in [0.717, 1.165) is 36.9 Å². The van der Waals surface area contributed by atoms with Crippen molar-refractivity contribution in [1.82, 2.24) is 9.62 Å². The highest BCUT2D eigenvalue weighted by atomic mass is 32.2. The molecular formula is C15H24N2O3S. The lowest BCUT2D eigenvalue weighted by Crippen LogP contribution is -2.36. The molecule has 0 saturated carbocycles. The smallest absolute Gasteiger partial charge is 0.243 e. The Morgan fingerprint density at radius 3 is 2.86 bits per heavy atom. The van der Waals surface area contributed by atoms with E-state index in [4.69, 9.17) is 5.11 Å². The fourth-order valence-electron chi connectivity index (χ4n) is 2.68. The summed E-state index contributed by atoms with van der Waals surface area (Å²) >= 11 is 0. The molecule has 1 aliphatic rings. The maximum atomic E-state index is 12.9. The van der Waals surface area contributed by atoms with Crippen molar-refractivity contribution in [3.8, 4) is 0 Å². The van der Waals surface area contributed by atoms with Crippen LogP contribution in [-0.4, -0.2) is 44.1 Å². The molecule has 0 aliphatic carbocycles. The summed E-state index contributed by atoms with van der Waals surface area (Å²) in [6, 6.07) is 5.47. The predicted molar refractivity (Wildman–Crippen MR) is 82.6 cm³/mol. The minimum Gasteiger partial charge on any atom is -0.395 e. The summed E-state index contributed by atoms with van der Waals surface area (Å²) in [5, 5.41) is 12.4. The first-order valence-electron chi connectivity index (χ1n) is 7.53. The Hall–Kier alpha value is -0.950. The molecule has 1 heterocycles. The van der Waals surface area contributed by atoms with Crippen molar-refractivity contribution in [1.29, 1.82) is 0 Å². The third-order valence-electron chi connectivity index (χ3n) is 3.83. The van der Waals surface area contributed by atoms with Crippen molar-refractivity contribution in [3.63, 3.8) is 0 Å². The number of nitrogens with one attached hydrogen (secondary N) is 1. The third kappa shape index (κ3) is 3.63. The van der Waals surface area contributed by atoms with Crippen LogP contribution < -0.4 is 5.32 Å². The van der Waals surface area contributed by atoms with Crippen molar-refractivity contribution in [2.24, 2.45) is 0 Å². The summed E-state index contributed by atoms with van der Waals surface area (Å²) in [5.74, 6) is 0. The number of aliphatic hydroxyl groups excluding tert-OH is 1. The van der Waals surface area contributed by atoms with Gasteiger partial charge >= 0.3 is 0 Å². The Bertz CT molecular complexity index is 572. The van der Waals surface area contributed by atoms with Crippen LogP contribution in [0.2, 0.25) is 0 Å². The second-order valence-corrected chi connectivity index (χ2v) is 7.21. The molecule has 0 atom stereocenters. The summed E-state index contributed by atoms with van der Waals surface area (Å²) < 4.78 is 27.2. The van der Waals surface area contributed by atoms with Crippen LogP contribution in [0, 0.1) is 0 Å². The van der Waals surface area contributed by atoms with Gasteiger partial charge in [0, 0.05) is 19.6 Å². The zero-order chi connectivity index (χ0) is 15.3. The molecule has 2 rings (SSSR count). The van der Waals surface area contributed by atoms with E-state index in [1.54, 1.807) is 12.1 Å². The van der Waals surface area contributed by atoms with E-state index in [0.29, 0.717) is 18.0 Å². The lowest BCUT2D eigenvalue weighted by Gasteiger charge is -2.25. The van der Waals surface area contributed by atoms with Crippen LogP contribution in [0.1, 0.15) is 30.9 Å². The molecule has 1 aliphatic heterocycles. The van der Waals surface area contributed by atoms with E-state index < -0.39 is 10.0 Å². The number of hydrogen-bond acceptors (Lipinski definition) is 4. The number of hydrogen-bond donors (Lipinski definition) is 2. The quantitative estimate of drug-likeness (QED) is 0.791. The average molecular weight is 312 g/mol. The number of unbranched alkanes of at least 4 members (excludes halogenated alkanes) is 1. The van der Waals surface area contributed by atoms with Gasteiger partial charge in [-0.3, -0.25) is 0 Å². The topological polar surface area (TPSA) is 69.6 Å². The highest BCUT2D eigenvalue weighted by Gasteiger charge is 2.27. The van der Waals surface area contributed by atoms with Crippen LogP contribution >= 0.6 is 0 Å². The van der Waals surface area contributed by atoms with Gasteiger partial charge in [0.1, 0.15) is 0 Å². The number of rotatable bonds is 7. The SMILES string of the molecule is CCCCN(CCO)S(=O)(=O)c1cccc2c1CCNC2. The van der Waals surface area contributed by atoms with Crippen molar-refractivity contribution in [2.75, 3.05) is 26.2 Å². The molecule has 0 amide bonds. The zero-order valence-corrected chi connectivity index (χ0v) is 13.3. The summed E-state index contributed by atoms with van der Waals surface area (Å²) in [7, 11) is -3.53. The van der Waals surface area contributed by atoms with Crippen molar-refractivity contribution in [2.45, 2.75) is 37.6 Å². The summed E-state index contributed by atoms with van der Waals surface area (Å²) in [6.45, 7) is 4.01. The molecule has 118 valence electrons. The lowest BCUT2D eigenvalue weighted by molar-refractivity contribution is 0.252. The fourth-order valence-corrected chi connectivity index (χ4v) is 4.44. The predicted octanol–water partition coefficient (Wildman–Crippen LogP) is 1.12. The van der Waals surface area contributed by atoms with E-state index in [1.165, 1.54) is 4.31 Å². The summed E-state index contributed by atoms with van der Waals surface area (Å²) in [4.78, 5) is 0.408. The van der Waals surface area contributed by atoms with Crippen molar-refractivity contribution < 1.29 is 13.5 Å². The van der Waals surface area contributed by atoms with Crippen LogP contribution in [0.5, 0.6) is 0 Å². The molecule has 1 aromatic rings. The number of sulfonamides is 1. The van der Waals surface area contributed by atoms with E-state index in [-0.39, 0.29) is 13.2 Å². The highest BCUT2D eigenvalue weighted by Crippen LogP contribution is 2.25. The van der Waals surface area contributed by atoms with E-state index >= 15 is 0 Å². The third-order valence-corrected chi connectivity index (χ3v) is 5.81. The fraction of sp³-hybridized carbons (Fsp3) is 0.600. The maximum Gasteiger partial charge on any atom is 0.243 e. The number of nitrogens with zero attached hydrogens (tertiary/aromatic N) is 1. The molecule has 0 spiro atoms. The Morgan fingerprint density at radius 2 is 2.14 bits per heavy atom. The molecule has 5 nitrogen and oxygen atoms in total. The molecule has 0 unspecified atom stereocenters. The van der Waals surface area contributed by atoms with Crippen LogP contribution in [-0.2, 0) is 23.0 Å². The minimum atomic E-state index is -3.53. The van der Waals surface area contributed by atoms with Gasteiger partial charge in [0.2, 0.25) is 10.0 Å². The van der Waals surface area contributed by atoms with E-state index in [2.05, 4.69) is 5.32 Å². The number of fused-ring (bicyclic) bond motifs is 1. The van der Waals surface area contributed by atoms with E-state index in [9.17, 15) is 8.42 Å². The first-order valence-corrected chi connectivity index (χ1v) is 8.97. The number of benzene rings is 1. The molecule has 6 heteroatoms. The van der Waals surface area contributed by atoms with Crippen LogP contribution in [0.3, 0.4) is 0 Å². The standard InChI is InChI=1S/C15H24N2O3S/c1-2-3-9-17(10-11-18)21(19,20)15-6-4-5-13-12-16-8-7-14(13)15/h4-6,16,18H,2-3,7-12H2,1H3. The van der Waals surface area contributed by atoms with Gasteiger partial charge in [-0.1, -0.05) is 25.5 Å². The summed E-state index contributed by atoms with van der Waals surface area (Å²) in [6.07, 6.45) is 2.45. The van der Waals surface area contributed by atoms with Gasteiger partial charge in [-0.2, -0.15) is 4.31 Å². The highest BCUT2D eigenvalue weighted by molar-refractivity contribution is 7.89. The molecule has 0 radical (unpaired) electrons. The largest absolute Gasteiger partial charge is 0.395 e. The van der Waals surface area contributed by atoms with Gasteiger partial charge < -0.3 is 10.4 Å². The Morgan fingerprint density at radius 1 is 1.33 bits per heavy atom. The second kappa shape index (κ2) is 7.35. The van der Waals surface area contributed by atoms with Crippen molar-refractivity contribution in [3.05, 3.63) is 29.3 Å². The Kier molecular flexibility index (Phi) is 5.75. The molecule has 2 N–H and O–H groups in total. The maximum absolute atomic E-state index is 12.9. The average Bonchev–Trinajstić information content (AvgIpc) is 2.50. The first-order chi connectivity index (χ1) is 10.1. The first kappa shape index (κ1) is 16.4. The zero-order valence-electron chi connectivity index (χ0n) is 12.5. The van der Waals surface area contributed by atoms with Gasteiger partial charge in [0.05, 0.1) is 11.5 Å². The molecule has 21 heavy (non-hydrogen) atoms. The van der Waals surface area contributed by atoms with Crippen molar-refractivity contribution >= 4 is 10.0 Å². The molecule has 0 bridgehead atoms. The van der Waals surface area contributed by atoms with Gasteiger partial charge in [-0.25, -0.2) is 8.42 Å². The lowest BCUT2D eigenvalue weighted by atomic mass is 10.0. The second-order valence-electron chi connectivity index (χ2n) is 5.30. The van der Waals surface area contributed by atoms with E-state index in [1.807, 2.05) is 13.0 Å². The van der Waals surface area contributed by atoms with Gasteiger partial charge in [0.25, 0.3) is 0 Å².